The van der Waals surface area contributed by atoms with Crippen LogP contribution < -0.4 is 0 Å². The van der Waals surface area contributed by atoms with Gasteiger partial charge in [0.15, 0.2) is 0 Å². The van der Waals surface area contributed by atoms with Crippen LogP contribution in [0.25, 0.3) is 0 Å². The van der Waals surface area contributed by atoms with Crippen molar-refractivity contribution in [3.8, 4) is 0 Å². The zero-order chi connectivity index (χ0) is 7.82. The largest absolute Gasteiger partial charge is 0.379 e. The molecule has 10 heavy (non-hydrogen) atoms. The summed E-state index contributed by atoms with van der Waals surface area (Å²) in [5.41, 5.74) is 0. The molecule has 1 aliphatic heterocycles. The fourth-order valence-corrected chi connectivity index (χ4v) is 0.897. The van der Waals surface area contributed by atoms with E-state index in [-0.39, 0.29) is 0 Å². The van der Waals surface area contributed by atoms with E-state index in [4.69, 9.17) is 9.47 Å². The topological polar surface area (TPSA) is 18.5 Å². The van der Waals surface area contributed by atoms with Crippen LogP contribution in [0, 0.1) is 0 Å². The molecule has 0 aromatic rings. The van der Waals surface area contributed by atoms with E-state index >= 15 is 0 Å². The minimum atomic E-state index is 0.365. The highest BCUT2D eigenvalue weighted by Crippen LogP contribution is 2.07. The number of hydrogen-bond donors (Lipinski definition) is 0. The van der Waals surface area contributed by atoms with Crippen molar-refractivity contribution in [1.29, 1.82) is 0 Å². The molecule has 1 fully saturated rings. The lowest BCUT2D eigenvalue weighted by Crippen LogP contribution is -2.23. The summed E-state index contributed by atoms with van der Waals surface area (Å²) in [6.07, 6.45) is 2.68. The summed E-state index contributed by atoms with van der Waals surface area (Å²) < 4.78 is 10.2. The van der Waals surface area contributed by atoms with E-state index in [0.29, 0.717) is 6.10 Å². The molecule has 2 nitrogen and oxygen atoms in total. The summed E-state index contributed by atoms with van der Waals surface area (Å²) in [5, 5.41) is 0. The molecule has 0 N–H and O–H groups in total. The van der Waals surface area contributed by atoms with Crippen molar-refractivity contribution in [2.75, 3.05) is 20.3 Å². The molecular weight excluding hydrogens is 128 g/mol. The summed E-state index contributed by atoms with van der Waals surface area (Å²) in [6, 6.07) is 0. The van der Waals surface area contributed by atoms with Gasteiger partial charge in [-0.1, -0.05) is 13.8 Å². The van der Waals surface area contributed by atoms with Gasteiger partial charge in [-0.05, 0) is 12.8 Å². The third-order valence-electron chi connectivity index (χ3n) is 1.45. The second kappa shape index (κ2) is 7.03. The van der Waals surface area contributed by atoms with Crippen LogP contribution in [0.1, 0.15) is 26.7 Å². The molecule has 2 heteroatoms. The molecule has 0 aliphatic carbocycles. The summed E-state index contributed by atoms with van der Waals surface area (Å²) in [7, 11) is 1.74. The molecule has 1 rings (SSSR count). The molecule has 62 valence electrons. The monoisotopic (exact) mass is 146 g/mol. The number of methoxy groups -OCH3 is 1. The van der Waals surface area contributed by atoms with Crippen LogP contribution >= 0.6 is 0 Å². The molecule has 0 radical (unpaired) electrons. The fourth-order valence-electron chi connectivity index (χ4n) is 0.897. The Labute approximate surface area is 63.5 Å². The van der Waals surface area contributed by atoms with Gasteiger partial charge in [0, 0.05) is 13.7 Å². The lowest BCUT2D eigenvalue weighted by atomic mass is 10.2. The van der Waals surface area contributed by atoms with Crippen LogP contribution in [-0.4, -0.2) is 26.4 Å². The zero-order valence-corrected chi connectivity index (χ0v) is 7.22. The van der Waals surface area contributed by atoms with Crippen molar-refractivity contribution in [3.63, 3.8) is 0 Å². The van der Waals surface area contributed by atoms with Gasteiger partial charge in [-0.25, -0.2) is 0 Å². The Kier molecular flexibility index (Phi) is 6.98. The van der Waals surface area contributed by atoms with Gasteiger partial charge in [0.25, 0.3) is 0 Å². The third-order valence-corrected chi connectivity index (χ3v) is 1.45. The number of rotatable bonds is 1. The molecule has 0 aromatic heterocycles. The van der Waals surface area contributed by atoms with Gasteiger partial charge in [-0.3, -0.25) is 0 Å². The minimum Gasteiger partial charge on any atom is -0.379 e. The average molecular weight is 146 g/mol. The molecule has 0 spiro atoms. The minimum absolute atomic E-state index is 0.365. The second-order valence-electron chi connectivity index (χ2n) is 2.07. The maximum Gasteiger partial charge on any atom is 0.0805 e. The standard InChI is InChI=1S/C6H12O2.C2H6/c1-7-6-3-2-4-8-5-6;1-2/h6H,2-5H2,1H3;1-2H3. The lowest BCUT2D eigenvalue weighted by Gasteiger charge is -2.19. The van der Waals surface area contributed by atoms with Crippen LogP contribution in [0.15, 0.2) is 0 Å². The second-order valence-corrected chi connectivity index (χ2v) is 2.07. The Bertz CT molecular complexity index is 58.3. The van der Waals surface area contributed by atoms with Crippen LogP contribution in [0.5, 0.6) is 0 Å². The Morgan fingerprint density at radius 2 is 2.10 bits per heavy atom. The molecule has 1 saturated heterocycles. The van der Waals surface area contributed by atoms with Crippen molar-refractivity contribution >= 4 is 0 Å². The number of ether oxygens (including phenoxy) is 2. The van der Waals surface area contributed by atoms with E-state index in [2.05, 4.69) is 0 Å². The highest BCUT2D eigenvalue weighted by Gasteiger charge is 2.11. The maximum absolute atomic E-state index is 5.15. The summed E-state index contributed by atoms with van der Waals surface area (Å²) in [5.74, 6) is 0. The molecule has 1 aliphatic rings. The first-order valence-corrected chi connectivity index (χ1v) is 4.04. The van der Waals surface area contributed by atoms with E-state index < -0.39 is 0 Å². The van der Waals surface area contributed by atoms with E-state index in [1.165, 1.54) is 0 Å². The molecule has 0 aromatic carbocycles. The molecule has 1 atom stereocenters. The first-order valence-electron chi connectivity index (χ1n) is 4.04. The van der Waals surface area contributed by atoms with Crippen LogP contribution in [0.2, 0.25) is 0 Å². The van der Waals surface area contributed by atoms with Gasteiger partial charge in [-0.15, -0.1) is 0 Å². The summed E-state index contributed by atoms with van der Waals surface area (Å²) >= 11 is 0. The Hall–Kier alpha value is -0.0800. The van der Waals surface area contributed by atoms with E-state index in [1.54, 1.807) is 7.11 Å². The van der Waals surface area contributed by atoms with Crippen molar-refractivity contribution in [2.24, 2.45) is 0 Å². The normalized spacial score (nSPS) is 24.9. The quantitative estimate of drug-likeness (QED) is 0.562. The van der Waals surface area contributed by atoms with Crippen molar-refractivity contribution in [1.82, 2.24) is 0 Å². The third kappa shape index (κ3) is 3.85. The van der Waals surface area contributed by atoms with E-state index in [0.717, 1.165) is 26.1 Å². The molecule has 0 amide bonds. The van der Waals surface area contributed by atoms with Gasteiger partial charge >= 0.3 is 0 Å². The predicted molar refractivity (Wildman–Crippen MR) is 42.2 cm³/mol. The Morgan fingerprint density at radius 1 is 1.40 bits per heavy atom. The van der Waals surface area contributed by atoms with E-state index in [1.807, 2.05) is 13.8 Å². The average Bonchev–Trinajstić information content (AvgIpc) is 2.10. The van der Waals surface area contributed by atoms with Crippen molar-refractivity contribution in [3.05, 3.63) is 0 Å². The Morgan fingerprint density at radius 3 is 2.40 bits per heavy atom. The first-order chi connectivity index (χ1) is 4.93. The SMILES string of the molecule is CC.COC1CCCOC1. The van der Waals surface area contributed by atoms with Gasteiger partial charge in [0.1, 0.15) is 0 Å². The van der Waals surface area contributed by atoms with Crippen LogP contribution in [-0.2, 0) is 9.47 Å². The smallest absolute Gasteiger partial charge is 0.0805 e. The van der Waals surface area contributed by atoms with Crippen molar-refractivity contribution < 1.29 is 9.47 Å². The lowest BCUT2D eigenvalue weighted by molar-refractivity contribution is -0.0291. The summed E-state index contributed by atoms with van der Waals surface area (Å²) in [6.45, 7) is 5.70. The van der Waals surface area contributed by atoms with Crippen LogP contribution in [0.3, 0.4) is 0 Å². The molecule has 1 heterocycles. The zero-order valence-electron chi connectivity index (χ0n) is 7.22. The van der Waals surface area contributed by atoms with Gasteiger partial charge in [-0.2, -0.15) is 0 Å². The van der Waals surface area contributed by atoms with Crippen molar-refractivity contribution in [2.45, 2.75) is 32.8 Å². The van der Waals surface area contributed by atoms with Crippen LogP contribution in [0.4, 0.5) is 0 Å². The summed E-state index contributed by atoms with van der Waals surface area (Å²) in [4.78, 5) is 0. The van der Waals surface area contributed by atoms with Gasteiger partial charge in [0.05, 0.1) is 12.7 Å². The fraction of sp³-hybridized carbons (Fsp3) is 1.00. The highest BCUT2D eigenvalue weighted by atomic mass is 16.5. The number of hydrogen-bond acceptors (Lipinski definition) is 2. The maximum atomic E-state index is 5.15. The molecule has 1 unspecified atom stereocenters. The van der Waals surface area contributed by atoms with E-state index in [9.17, 15) is 0 Å². The molecule has 0 bridgehead atoms. The van der Waals surface area contributed by atoms with Gasteiger partial charge < -0.3 is 9.47 Å². The first kappa shape index (κ1) is 9.92. The molecular formula is C8H18O2. The predicted octanol–water partition coefficient (Wildman–Crippen LogP) is 1.84. The Balaban J connectivity index is 0.000000371. The highest BCUT2D eigenvalue weighted by molar-refractivity contribution is 4.60. The van der Waals surface area contributed by atoms with Gasteiger partial charge in [0.2, 0.25) is 0 Å². The molecule has 0 saturated carbocycles.